The first-order valence-corrected chi connectivity index (χ1v) is 6.20. The molecule has 4 heteroatoms. The molecule has 1 amide bonds. The molecular formula is C12H24N2O2. The third kappa shape index (κ3) is 4.49. The van der Waals surface area contributed by atoms with Crippen LogP contribution in [0.4, 0.5) is 0 Å². The van der Waals surface area contributed by atoms with Crippen LogP contribution in [0.25, 0.3) is 0 Å². The number of carbonyl (C=O) groups is 1. The van der Waals surface area contributed by atoms with E-state index in [1.165, 1.54) is 6.42 Å². The number of amides is 1. The van der Waals surface area contributed by atoms with Crippen molar-refractivity contribution < 1.29 is 9.53 Å². The Hall–Kier alpha value is -0.610. The second kappa shape index (κ2) is 6.21. The fourth-order valence-electron chi connectivity index (χ4n) is 1.72. The molecule has 1 aliphatic heterocycles. The molecule has 0 aromatic rings. The molecule has 0 saturated carbocycles. The van der Waals surface area contributed by atoms with Crippen LogP contribution in [0.5, 0.6) is 0 Å². The Morgan fingerprint density at radius 3 is 2.75 bits per heavy atom. The summed E-state index contributed by atoms with van der Waals surface area (Å²) in [6.45, 7) is 8.07. The van der Waals surface area contributed by atoms with Crippen LogP contribution in [0, 0.1) is 0 Å². The second-order valence-electron chi connectivity index (χ2n) is 4.95. The van der Waals surface area contributed by atoms with Gasteiger partial charge < -0.3 is 15.4 Å². The highest BCUT2D eigenvalue weighted by molar-refractivity contribution is 5.77. The Kier molecular flexibility index (Phi) is 5.22. The highest BCUT2D eigenvalue weighted by atomic mass is 16.5. The average molecular weight is 228 g/mol. The predicted molar refractivity (Wildman–Crippen MR) is 64.4 cm³/mol. The van der Waals surface area contributed by atoms with Gasteiger partial charge in [0.05, 0.1) is 5.60 Å². The van der Waals surface area contributed by atoms with Crippen molar-refractivity contribution in [3.05, 3.63) is 0 Å². The van der Waals surface area contributed by atoms with Gasteiger partial charge in [-0.15, -0.1) is 0 Å². The summed E-state index contributed by atoms with van der Waals surface area (Å²) in [5.74, 6) is -0.00303. The van der Waals surface area contributed by atoms with Crippen LogP contribution in [0.3, 0.4) is 0 Å². The number of hydrogen-bond acceptors (Lipinski definition) is 3. The third-order valence-electron chi connectivity index (χ3n) is 2.95. The summed E-state index contributed by atoms with van der Waals surface area (Å²) >= 11 is 0. The van der Waals surface area contributed by atoms with E-state index >= 15 is 0 Å². The summed E-state index contributed by atoms with van der Waals surface area (Å²) in [6.07, 6.45) is 3.37. The van der Waals surface area contributed by atoms with Gasteiger partial charge in [-0.05, 0) is 20.3 Å². The van der Waals surface area contributed by atoms with Gasteiger partial charge in [0, 0.05) is 19.1 Å². The van der Waals surface area contributed by atoms with Crippen LogP contribution in [-0.4, -0.2) is 37.2 Å². The van der Waals surface area contributed by atoms with E-state index in [4.69, 9.17) is 4.74 Å². The molecule has 1 aliphatic rings. The standard InChI is InChI=1S/C12H24N2O2/c1-4-5-6-10(2)14-11(15)7-16-12(3)8-13-9-12/h10,13H,4-9H2,1-3H3,(H,14,15). The fraction of sp³-hybridized carbons (Fsp3) is 0.917. The van der Waals surface area contributed by atoms with Crippen LogP contribution in [0.15, 0.2) is 0 Å². The van der Waals surface area contributed by atoms with Crippen molar-refractivity contribution in [2.75, 3.05) is 19.7 Å². The first kappa shape index (κ1) is 13.5. The lowest BCUT2D eigenvalue weighted by Gasteiger charge is -2.38. The Morgan fingerprint density at radius 1 is 1.56 bits per heavy atom. The maximum atomic E-state index is 11.5. The smallest absolute Gasteiger partial charge is 0.246 e. The number of nitrogens with one attached hydrogen (secondary N) is 2. The Balaban J connectivity index is 2.10. The lowest BCUT2D eigenvalue weighted by Crippen LogP contribution is -2.59. The van der Waals surface area contributed by atoms with Gasteiger partial charge in [0.15, 0.2) is 0 Å². The molecule has 4 nitrogen and oxygen atoms in total. The highest BCUT2D eigenvalue weighted by Gasteiger charge is 2.33. The van der Waals surface area contributed by atoms with E-state index in [9.17, 15) is 4.79 Å². The van der Waals surface area contributed by atoms with Gasteiger partial charge in [0.1, 0.15) is 6.61 Å². The van der Waals surface area contributed by atoms with Crippen molar-refractivity contribution in [1.29, 1.82) is 0 Å². The first-order chi connectivity index (χ1) is 7.56. The number of unbranched alkanes of at least 4 members (excludes halogenated alkanes) is 1. The van der Waals surface area contributed by atoms with E-state index in [0.717, 1.165) is 25.9 Å². The minimum Gasteiger partial charge on any atom is -0.363 e. The third-order valence-corrected chi connectivity index (χ3v) is 2.95. The topological polar surface area (TPSA) is 50.4 Å². The van der Waals surface area contributed by atoms with E-state index in [1.807, 2.05) is 13.8 Å². The molecule has 16 heavy (non-hydrogen) atoms. The fourth-order valence-corrected chi connectivity index (χ4v) is 1.72. The monoisotopic (exact) mass is 228 g/mol. The molecule has 0 bridgehead atoms. The molecule has 1 fully saturated rings. The first-order valence-electron chi connectivity index (χ1n) is 6.20. The number of hydrogen-bond donors (Lipinski definition) is 2. The highest BCUT2D eigenvalue weighted by Crippen LogP contribution is 2.14. The van der Waals surface area contributed by atoms with Gasteiger partial charge >= 0.3 is 0 Å². The lowest BCUT2D eigenvalue weighted by atomic mass is 10.0. The molecule has 94 valence electrons. The second-order valence-corrected chi connectivity index (χ2v) is 4.95. The van der Waals surface area contributed by atoms with Crippen LogP contribution < -0.4 is 10.6 Å². The normalized spacial score (nSPS) is 19.9. The van der Waals surface area contributed by atoms with E-state index in [0.29, 0.717) is 0 Å². The molecule has 0 aromatic carbocycles. The summed E-state index contributed by atoms with van der Waals surface area (Å²) in [6, 6.07) is 0.253. The Morgan fingerprint density at radius 2 is 2.25 bits per heavy atom. The quantitative estimate of drug-likeness (QED) is 0.685. The van der Waals surface area contributed by atoms with Crippen LogP contribution in [0.1, 0.15) is 40.0 Å². The zero-order valence-corrected chi connectivity index (χ0v) is 10.6. The van der Waals surface area contributed by atoms with Crippen molar-refractivity contribution in [1.82, 2.24) is 10.6 Å². The summed E-state index contributed by atoms with van der Waals surface area (Å²) in [7, 11) is 0. The largest absolute Gasteiger partial charge is 0.363 e. The molecule has 0 radical (unpaired) electrons. The minimum absolute atomic E-state index is 0.00303. The van der Waals surface area contributed by atoms with Crippen molar-refractivity contribution >= 4 is 5.91 Å². The average Bonchev–Trinajstić information content (AvgIpc) is 2.21. The number of carbonyl (C=O) groups excluding carboxylic acids is 1. The zero-order chi connectivity index (χ0) is 12.0. The van der Waals surface area contributed by atoms with Gasteiger partial charge in [0.2, 0.25) is 5.91 Å². The summed E-state index contributed by atoms with van der Waals surface area (Å²) in [5.41, 5.74) is -0.135. The number of ether oxygens (including phenoxy) is 1. The molecule has 1 atom stereocenters. The number of rotatable bonds is 7. The van der Waals surface area contributed by atoms with Gasteiger partial charge in [-0.25, -0.2) is 0 Å². The van der Waals surface area contributed by atoms with E-state index in [-0.39, 0.29) is 24.2 Å². The molecule has 1 rings (SSSR count). The molecule has 0 aliphatic carbocycles. The van der Waals surface area contributed by atoms with Crippen LogP contribution in [-0.2, 0) is 9.53 Å². The molecule has 0 aromatic heterocycles. The molecular weight excluding hydrogens is 204 g/mol. The van der Waals surface area contributed by atoms with Gasteiger partial charge in [-0.1, -0.05) is 19.8 Å². The van der Waals surface area contributed by atoms with Gasteiger partial charge in [0.25, 0.3) is 0 Å². The molecule has 1 saturated heterocycles. The Labute approximate surface area is 98.1 Å². The molecule has 2 N–H and O–H groups in total. The summed E-state index contributed by atoms with van der Waals surface area (Å²) < 4.78 is 5.56. The SMILES string of the molecule is CCCCC(C)NC(=O)COC1(C)CNC1. The summed E-state index contributed by atoms with van der Waals surface area (Å²) in [4.78, 5) is 11.5. The lowest BCUT2D eigenvalue weighted by molar-refractivity contribution is -0.136. The van der Waals surface area contributed by atoms with Crippen molar-refractivity contribution in [3.8, 4) is 0 Å². The molecule has 1 unspecified atom stereocenters. The maximum absolute atomic E-state index is 11.5. The van der Waals surface area contributed by atoms with E-state index in [2.05, 4.69) is 17.6 Å². The molecule has 1 heterocycles. The predicted octanol–water partition coefficient (Wildman–Crippen LogP) is 1.06. The van der Waals surface area contributed by atoms with Crippen LogP contribution in [0.2, 0.25) is 0 Å². The van der Waals surface area contributed by atoms with E-state index < -0.39 is 0 Å². The Bertz CT molecular complexity index is 227. The van der Waals surface area contributed by atoms with Crippen LogP contribution >= 0.6 is 0 Å². The maximum Gasteiger partial charge on any atom is 0.246 e. The molecule has 0 spiro atoms. The van der Waals surface area contributed by atoms with Crippen molar-refractivity contribution in [2.24, 2.45) is 0 Å². The van der Waals surface area contributed by atoms with Crippen molar-refractivity contribution in [3.63, 3.8) is 0 Å². The van der Waals surface area contributed by atoms with Crippen molar-refractivity contribution in [2.45, 2.75) is 51.7 Å². The van der Waals surface area contributed by atoms with E-state index in [1.54, 1.807) is 0 Å². The van der Waals surface area contributed by atoms with Gasteiger partial charge in [-0.3, -0.25) is 4.79 Å². The zero-order valence-electron chi connectivity index (χ0n) is 10.6. The van der Waals surface area contributed by atoms with Gasteiger partial charge in [-0.2, -0.15) is 0 Å². The summed E-state index contributed by atoms with van der Waals surface area (Å²) in [5, 5.41) is 6.09. The minimum atomic E-state index is -0.135.